The van der Waals surface area contributed by atoms with Crippen molar-refractivity contribution in [2.75, 3.05) is 0 Å². The van der Waals surface area contributed by atoms with Gasteiger partial charge in [-0.3, -0.25) is 4.98 Å². The second-order valence-electron chi connectivity index (χ2n) is 2.59. The molecule has 2 aromatic rings. The average Bonchev–Trinajstić information content (AvgIpc) is 2.51. The zero-order valence-corrected chi connectivity index (χ0v) is 8.43. The van der Waals surface area contributed by atoms with Crippen LogP contribution in [0, 0.1) is 6.92 Å². The van der Waals surface area contributed by atoms with Crippen molar-refractivity contribution in [3.63, 3.8) is 0 Å². The third-order valence-corrected chi connectivity index (χ3v) is 2.51. The maximum Gasteiger partial charge on any atom is 0.170 e. The quantitative estimate of drug-likeness (QED) is 0.728. The molecule has 0 aliphatic rings. The van der Waals surface area contributed by atoms with Crippen LogP contribution in [-0.4, -0.2) is 13.7 Å². The Balaban J connectivity index is 2.53. The molecule has 0 N–H and O–H groups in total. The topological polar surface area (TPSA) is 38.7 Å². The molecule has 0 saturated carbocycles. The Hall–Kier alpha value is -1.00. The van der Waals surface area contributed by atoms with Crippen LogP contribution in [0.5, 0.6) is 0 Å². The van der Waals surface area contributed by atoms with Gasteiger partial charge in [-0.25, -0.2) is 0 Å². The summed E-state index contributed by atoms with van der Waals surface area (Å²) in [5.74, 6) is 0. The third kappa shape index (κ3) is 1.68. The normalized spacial score (nSPS) is 10.3. The first-order valence-electron chi connectivity index (χ1n) is 3.68. The molecule has 0 unspecified atom stereocenters. The summed E-state index contributed by atoms with van der Waals surface area (Å²) in [7, 11) is 0. The molecule has 0 spiro atoms. The molecule has 3 nitrogen and oxygen atoms in total. The first kappa shape index (κ1) is 8.59. The summed E-state index contributed by atoms with van der Waals surface area (Å²) >= 11 is 6.96. The van der Waals surface area contributed by atoms with Crippen LogP contribution in [0.15, 0.2) is 18.3 Å². The molecule has 0 aliphatic heterocycles. The summed E-state index contributed by atoms with van der Waals surface area (Å²) in [4.78, 5) is 4.09. The lowest BCUT2D eigenvalue weighted by atomic mass is 10.2. The van der Waals surface area contributed by atoms with Crippen LogP contribution in [0.2, 0.25) is 5.15 Å². The van der Waals surface area contributed by atoms with Crippen LogP contribution >= 0.6 is 23.3 Å². The van der Waals surface area contributed by atoms with Gasteiger partial charge >= 0.3 is 0 Å². The number of halogens is 1. The summed E-state index contributed by atoms with van der Waals surface area (Å²) in [6.07, 6.45) is 1.74. The van der Waals surface area contributed by atoms with Crippen LogP contribution in [0.25, 0.3) is 11.3 Å². The molecule has 66 valence electrons. The first-order valence-corrected chi connectivity index (χ1v) is 4.79. The van der Waals surface area contributed by atoms with E-state index in [2.05, 4.69) is 13.7 Å². The van der Waals surface area contributed by atoms with E-state index in [1.165, 1.54) is 0 Å². The van der Waals surface area contributed by atoms with Crippen molar-refractivity contribution >= 4 is 23.3 Å². The Labute approximate surface area is 84.7 Å². The van der Waals surface area contributed by atoms with E-state index < -0.39 is 0 Å². The average molecular weight is 212 g/mol. The maximum atomic E-state index is 5.84. The van der Waals surface area contributed by atoms with Crippen molar-refractivity contribution in [1.29, 1.82) is 0 Å². The molecule has 2 rings (SSSR count). The number of hydrogen-bond acceptors (Lipinski definition) is 4. The molecule has 0 radical (unpaired) electrons. The number of pyridine rings is 1. The molecular weight excluding hydrogens is 206 g/mol. The molecule has 13 heavy (non-hydrogen) atoms. The Morgan fingerprint density at radius 3 is 2.85 bits per heavy atom. The smallest absolute Gasteiger partial charge is 0.170 e. The second kappa shape index (κ2) is 3.40. The fourth-order valence-electron chi connectivity index (χ4n) is 1.04. The van der Waals surface area contributed by atoms with E-state index >= 15 is 0 Å². The zero-order chi connectivity index (χ0) is 9.26. The number of aryl methyl sites for hydroxylation is 1. The van der Waals surface area contributed by atoms with Crippen molar-refractivity contribution in [1.82, 2.24) is 13.7 Å². The number of aromatic nitrogens is 3. The lowest BCUT2D eigenvalue weighted by molar-refractivity contribution is 1.20. The van der Waals surface area contributed by atoms with Gasteiger partial charge in [0.15, 0.2) is 5.15 Å². The molecule has 0 amide bonds. The zero-order valence-electron chi connectivity index (χ0n) is 6.86. The molecule has 0 saturated heterocycles. The van der Waals surface area contributed by atoms with Gasteiger partial charge in [-0.2, -0.15) is 8.75 Å². The number of nitrogens with zero attached hydrogens (tertiary/aromatic N) is 3. The summed E-state index contributed by atoms with van der Waals surface area (Å²) in [5, 5.41) is 0.454. The summed E-state index contributed by atoms with van der Waals surface area (Å²) in [5.41, 5.74) is 2.64. The van der Waals surface area contributed by atoms with Gasteiger partial charge in [-0.15, -0.1) is 0 Å². The van der Waals surface area contributed by atoms with Crippen molar-refractivity contribution in [3.05, 3.63) is 29.2 Å². The van der Waals surface area contributed by atoms with Crippen LogP contribution in [-0.2, 0) is 0 Å². The largest absolute Gasteiger partial charge is 0.262 e. The van der Waals surface area contributed by atoms with Crippen molar-refractivity contribution in [3.8, 4) is 11.3 Å². The van der Waals surface area contributed by atoms with Gasteiger partial charge in [0, 0.05) is 17.5 Å². The fourth-order valence-corrected chi connectivity index (χ4v) is 1.81. The van der Waals surface area contributed by atoms with Crippen LogP contribution in [0.4, 0.5) is 0 Å². The van der Waals surface area contributed by atoms with Crippen LogP contribution in [0.3, 0.4) is 0 Å². The van der Waals surface area contributed by atoms with E-state index in [0.717, 1.165) is 28.7 Å². The summed E-state index contributed by atoms with van der Waals surface area (Å²) in [6.45, 7) is 1.93. The van der Waals surface area contributed by atoms with E-state index in [9.17, 15) is 0 Å². The highest BCUT2D eigenvalue weighted by atomic mass is 35.5. The maximum absolute atomic E-state index is 5.84. The van der Waals surface area contributed by atoms with E-state index in [1.807, 2.05) is 19.1 Å². The predicted molar refractivity (Wildman–Crippen MR) is 52.9 cm³/mol. The minimum Gasteiger partial charge on any atom is -0.262 e. The second-order valence-corrected chi connectivity index (χ2v) is 3.48. The Morgan fingerprint density at radius 1 is 1.38 bits per heavy atom. The highest BCUT2D eigenvalue weighted by molar-refractivity contribution is 6.99. The van der Waals surface area contributed by atoms with Crippen LogP contribution < -0.4 is 0 Å². The van der Waals surface area contributed by atoms with Gasteiger partial charge in [0.05, 0.1) is 11.7 Å². The van der Waals surface area contributed by atoms with E-state index in [-0.39, 0.29) is 0 Å². The van der Waals surface area contributed by atoms with Crippen LogP contribution in [0.1, 0.15) is 5.69 Å². The molecule has 0 aromatic carbocycles. The number of rotatable bonds is 1. The van der Waals surface area contributed by atoms with Gasteiger partial charge in [0.25, 0.3) is 0 Å². The Morgan fingerprint density at radius 2 is 2.23 bits per heavy atom. The van der Waals surface area contributed by atoms with E-state index in [0.29, 0.717) is 5.15 Å². The first-order chi connectivity index (χ1) is 6.27. The third-order valence-electron chi connectivity index (χ3n) is 1.62. The molecular formula is C8H6ClN3S. The van der Waals surface area contributed by atoms with Gasteiger partial charge in [0.1, 0.15) is 5.69 Å². The molecule has 5 heteroatoms. The number of hydrogen-bond donors (Lipinski definition) is 0. The van der Waals surface area contributed by atoms with Crippen molar-refractivity contribution < 1.29 is 0 Å². The lowest BCUT2D eigenvalue weighted by Gasteiger charge is -1.96. The highest BCUT2D eigenvalue weighted by Gasteiger charge is 2.07. The van der Waals surface area contributed by atoms with Gasteiger partial charge < -0.3 is 0 Å². The molecule has 0 fully saturated rings. The minimum absolute atomic E-state index is 0.454. The molecule has 0 aliphatic carbocycles. The van der Waals surface area contributed by atoms with Crippen molar-refractivity contribution in [2.45, 2.75) is 6.92 Å². The van der Waals surface area contributed by atoms with E-state index in [1.54, 1.807) is 6.20 Å². The Kier molecular flexibility index (Phi) is 2.24. The lowest BCUT2D eigenvalue weighted by Crippen LogP contribution is -1.83. The summed E-state index contributed by atoms with van der Waals surface area (Å²) < 4.78 is 8.00. The monoisotopic (exact) mass is 211 g/mol. The highest BCUT2D eigenvalue weighted by Crippen LogP contribution is 2.25. The molecule has 2 aromatic heterocycles. The van der Waals surface area contributed by atoms with Crippen molar-refractivity contribution in [2.24, 2.45) is 0 Å². The molecule has 2 heterocycles. The van der Waals surface area contributed by atoms with Gasteiger partial charge in [-0.05, 0) is 19.1 Å². The fraction of sp³-hybridized carbons (Fsp3) is 0.125. The van der Waals surface area contributed by atoms with Gasteiger partial charge in [0.2, 0.25) is 0 Å². The predicted octanol–water partition coefficient (Wildman–Crippen LogP) is 2.56. The van der Waals surface area contributed by atoms with Gasteiger partial charge in [-0.1, -0.05) is 11.6 Å². The van der Waals surface area contributed by atoms with E-state index in [4.69, 9.17) is 11.6 Å². The SMILES string of the molecule is Cc1cc(-c2nsnc2Cl)ccn1. The summed E-state index contributed by atoms with van der Waals surface area (Å²) in [6, 6.07) is 3.80. The Bertz CT molecular complexity index is 427. The minimum atomic E-state index is 0.454. The molecule has 0 atom stereocenters. The molecule has 0 bridgehead atoms. The standard InChI is InChI=1S/C8H6ClN3S/c1-5-4-6(2-3-10-5)7-8(9)12-13-11-7/h2-4H,1H3.